The second kappa shape index (κ2) is 7.35. The van der Waals surface area contributed by atoms with E-state index in [1.54, 1.807) is 13.3 Å². The molecule has 0 radical (unpaired) electrons. The molecule has 3 aromatic rings. The minimum Gasteiger partial charge on any atom is -0.467 e. The molecule has 124 valence electrons. The number of rotatable bonds is 6. The number of aryl methyl sites for hydroxylation is 1. The van der Waals surface area contributed by atoms with Crippen LogP contribution in [-0.2, 0) is 11.3 Å². The number of amides is 1. The monoisotopic (exact) mass is 342 g/mol. The fourth-order valence-corrected chi connectivity index (χ4v) is 3.11. The molecule has 1 amide bonds. The summed E-state index contributed by atoms with van der Waals surface area (Å²) in [5, 5.41) is 11.9. The third-order valence-corrected chi connectivity index (χ3v) is 4.47. The van der Waals surface area contributed by atoms with Crippen LogP contribution in [0.25, 0.3) is 11.4 Å². The number of nitrogens with zero attached hydrogens (tertiary/aromatic N) is 3. The van der Waals surface area contributed by atoms with Gasteiger partial charge in [-0.3, -0.25) is 9.36 Å². The minimum atomic E-state index is -0.0512. The predicted octanol–water partition coefficient (Wildman–Crippen LogP) is 2.73. The summed E-state index contributed by atoms with van der Waals surface area (Å²) in [6, 6.07) is 11.9. The zero-order valence-corrected chi connectivity index (χ0v) is 14.3. The Hall–Kier alpha value is -2.54. The topological polar surface area (TPSA) is 73.0 Å². The molecular formula is C17H18N4O2S. The molecule has 0 aliphatic heterocycles. The fourth-order valence-electron chi connectivity index (χ4n) is 2.30. The first kappa shape index (κ1) is 16.3. The maximum Gasteiger partial charge on any atom is 0.230 e. The average Bonchev–Trinajstić information content (AvgIpc) is 3.23. The number of hydrogen-bond donors (Lipinski definition) is 1. The molecule has 0 unspecified atom stereocenters. The van der Waals surface area contributed by atoms with Crippen LogP contribution in [-0.4, -0.2) is 33.5 Å². The van der Waals surface area contributed by atoms with Gasteiger partial charge in [0.2, 0.25) is 5.91 Å². The van der Waals surface area contributed by atoms with Gasteiger partial charge in [0, 0.05) is 12.6 Å². The molecule has 7 heteroatoms. The smallest absolute Gasteiger partial charge is 0.230 e. The Bertz CT molecular complexity index is 827. The number of thioether (sulfide) groups is 1. The summed E-state index contributed by atoms with van der Waals surface area (Å²) in [5.74, 6) is 1.81. The number of carbonyl (C=O) groups excluding carboxylic acids is 1. The van der Waals surface area contributed by atoms with E-state index < -0.39 is 0 Å². The molecule has 24 heavy (non-hydrogen) atoms. The molecule has 2 aromatic heterocycles. The lowest BCUT2D eigenvalue weighted by Gasteiger charge is -2.09. The Balaban J connectivity index is 1.95. The maximum atomic E-state index is 11.5. The van der Waals surface area contributed by atoms with Crippen molar-refractivity contribution in [3.63, 3.8) is 0 Å². The van der Waals surface area contributed by atoms with E-state index in [1.165, 1.54) is 11.8 Å². The van der Waals surface area contributed by atoms with E-state index in [2.05, 4.69) is 21.6 Å². The fraction of sp³-hybridized carbons (Fsp3) is 0.235. The third-order valence-electron chi connectivity index (χ3n) is 3.50. The normalized spacial score (nSPS) is 10.8. The van der Waals surface area contributed by atoms with Gasteiger partial charge in [0.05, 0.1) is 18.6 Å². The lowest BCUT2D eigenvalue weighted by Crippen LogP contribution is -2.20. The Kier molecular flexibility index (Phi) is 5.00. The van der Waals surface area contributed by atoms with Crippen LogP contribution in [0.1, 0.15) is 11.3 Å². The lowest BCUT2D eigenvalue weighted by molar-refractivity contribution is -0.118. The van der Waals surface area contributed by atoms with E-state index in [4.69, 9.17) is 4.42 Å². The number of benzene rings is 1. The van der Waals surface area contributed by atoms with Gasteiger partial charge in [0.15, 0.2) is 11.0 Å². The zero-order valence-electron chi connectivity index (χ0n) is 13.5. The predicted molar refractivity (Wildman–Crippen MR) is 92.8 cm³/mol. The quantitative estimate of drug-likeness (QED) is 0.697. The molecule has 2 heterocycles. The number of hydrogen-bond acceptors (Lipinski definition) is 5. The van der Waals surface area contributed by atoms with Crippen LogP contribution < -0.4 is 5.32 Å². The number of nitrogens with one attached hydrogen (secondary N) is 1. The molecule has 0 spiro atoms. The van der Waals surface area contributed by atoms with Crippen molar-refractivity contribution in [2.45, 2.75) is 18.6 Å². The molecule has 0 aliphatic carbocycles. The molecule has 0 fully saturated rings. The first-order valence-electron chi connectivity index (χ1n) is 7.53. The van der Waals surface area contributed by atoms with Gasteiger partial charge >= 0.3 is 0 Å². The third kappa shape index (κ3) is 3.68. The SMILES string of the molecule is CNC(=O)CSc1nnc(-c2cccc(C)c2)n1Cc1ccco1. The first-order valence-corrected chi connectivity index (χ1v) is 8.52. The highest BCUT2D eigenvalue weighted by Crippen LogP contribution is 2.25. The van der Waals surface area contributed by atoms with Gasteiger partial charge in [0.25, 0.3) is 0 Å². The zero-order chi connectivity index (χ0) is 16.9. The van der Waals surface area contributed by atoms with Crippen molar-refractivity contribution in [3.05, 3.63) is 54.0 Å². The van der Waals surface area contributed by atoms with Crippen molar-refractivity contribution in [1.29, 1.82) is 0 Å². The van der Waals surface area contributed by atoms with E-state index in [1.807, 2.05) is 41.8 Å². The van der Waals surface area contributed by atoms with Crippen molar-refractivity contribution in [1.82, 2.24) is 20.1 Å². The van der Waals surface area contributed by atoms with Crippen LogP contribution in [0.5, 0.6) is 0 Å². The van der Waals surface area contributed by atoms with Gasteiger partial charge in [-0.1, -0.05) is 35.5 Å². The van der Waals surface area contributed by atoms with Crippen molar-refractivity contribution in [2.75, 3.05) is 12.8 Å². The summed E-state index contributed by atoms with van der Waals surface area (Å²) in [6.07, 6.45) is 1.64. The standard InChI is InChI=1S/C17H18N4O2S/c1-12-5-3-6-13(9-12)16-19-20-17(24-11-15(22)18-2)21(16)10-14-7-4-8-23-14/h3-9H,10-11H2,1-2H3,(H,18,22). The molecule has 1 N–H and O–H groups in total. The molecular weight excluding hydrogens is 324 g/mol. The summed E-state index contributed by atoms with van der Waals surface area (Å²) in [7, 11) is 1.62. The van der Waals surface area contributed by atoms with Crippen LogP contribution in [0.2, 0.25) is 0 Å². The minimum absolute atomic E-state index is 0.0512. The van der Waals surface area contributed by atoms with Gasteiger partial charge in [-0.05, 0) is 25.1 Å². The Morgan fingerprint density at radius 2 is 2.17 bits per heavy atom. The Morgan fingerprint density at radius 1 is 1.29 bits per heavy atom. The van der Waals surface area contributed by atoms with Gasteiger partial charge in [0.1, 0.15) is 5.76 Å². The summed E-state index contributed by atoms with van der Waals surface area (Å²) in [5.41, 5.74) is 2.14. The highest BCUT2D eigenvalue weighted by Gasteiger charge is 2.16. The summed E-state index contributed by atoms with van der Waals surface area (Å²) in [6.45, 7) is 2.55. The second-order valence-corrected chi connectivity index (χ2v) is 6.25. The Labute approximate surface area is 144 Å². The molecule has 0 bridgehead atoms. The van der Waals surface area contributed by atoms with Crippen molar-refractivity contribution >= 4 is 17.7 Å². The van der Waals surface area contributed by atoms with E-state index in [-0.39, 0.29) is 5.91 Å². The first-order chi connectivity index (χ1) is 11.7. The van der Waals surface area contributed by atoms with Gasteiger partial charge in [-0.2, -0.15) is 0 Å². The molecule has 0 saturated carbocycles. The van der Waals surface area contributed by atoms with Crippen molar-refractivity contribution in [2.24, 2.45) is 0 Å². The van der Waals surface area contributed by atoms with Crippen LogP contribution in [0, 0.1) is 6.92 Å². The van der Waals surface area contributed by atoms with Gasteiger partial charge < -0.3 is 9.73 Å². The molecule has 0 atom stereocenters. The van der Waals surface area contributed by atoms with Crippen LogP contribution in [0.15, 0.2) is 52.2 Å². The molecule has 1 aromatic carbocycles. The van der Waals surface area contributed by atoms with Crippen molar-refractivity contribution < 1.29 is 9.21 Å². The highest BCUT2D eigenvalue weighted by atomic mass is 32.2. The second-order valence-electron chi connectivity index (χ2n) is 5.30. The van der Waals surface area contributed by atoms with Gasteiger partial charge in [-0.15, -0.1) is 10.2 Å². The van der Waals surface area contributed by atoms with Crippen LogP contribution in [0.4, 0.5) is 0 Å². The van der Waals surface area contributed by atoms with Crippen LogP contribution >= 0.6 is 11.8 Å². The molecule has 0 aliphatic rings. The van der Waals surface area contributed by atoms with Crippen LogP contribution in [0.3, 0.4) is 0 Å². The maximum absolute atomic E-state index is 11.5. The van der Waals surface area contributed by atoms with Gasteiger partial charge in [-0.25, -0.2) is 0 Å². The summed E-state index contributed by atoms with van der Waals surface area (Å²) >= 11 is 1.36. The van der Waals surface area contributed by atoms with E-state index in [0.29, 0.717) is 17.5 Å². The number of furan rings is 1. The summed E-state index contributed by atoms with van der Waals surface area (Å²) in [4.78, 5) is 11.5. The number of aromatic nitrogens is 3. The Morgan fingerprint density at radius 3 is 2.88 bits per heavy atom. The summed E-state index contributed by atoms with van der Waals surface area (Å²) < 4.78 is 7.43. The molecule has 3 rings (SSSR count). The number of carbonyl (C=O) groups is 1. The van der Waals surface area contributed by atoms with E-state index >= 15 is 0 Å². The van der Waals surface area contributed by atoms with Crippen molar-refractivity contribution in [3.8, 4) is 11.4 Å². The largest absolute Gasteiger partial charge is 0.467 e. The van der Waals surface area contributed by atoms with E-state index in [0.717, 1.165) is 22.7 Å². The van der Waals surface area contributed by atoms with E-state index in [9.17, 15) is 4.79 Å². The molecule has 0 saturated heterocycles. The average molecular weight is 342 g/mol. The lowest BCUT2D eigenvalue weighted by atomic mass is 10.1. The highest BCUT2D eigenvalue weighted by molar-refractivity contribution is 7.99. The molecule has 6 nitrogen and oxygen atoms in total.